The van der Waals surface area contributed by atoms with E-state index in [2.05, 4.69) is 15.2 Å². The maximum absolute atomic E-state index is 12.4. The number of rotatable bonds is 4. The molecule has 1 unspecified atom stereocenters. The van der Waals surface area contributed by atoms with Crippen LogP contribution in [0.5, 0.6) is 0 Å². The van der Waals surface area contributed by atoms with E-state index in [1.807, 2.05) is 35.8 Å². The summed E-state index contributed by atoms with van der Waals surface area (Å²) in [6.45, 7) is 3.41. The van der Waals surface area contributed by atoms with Crippen molar-refractivity contribution >= 4 is 29.0 Å². The minimum atomic E-state index is 0.0447. The van der Waals surface area contributed by atoms with Gasteiger partial charge in [0.15, 0.2) is 4.34 Å². The summed E-state index contributed by atoms with van der Waals surface area (Å²) in [4.78, 5) is 20.3. The molecular weight excluding hydrogens is 326 g/mol. The van der Waals surface area contributed by atoms with Crippen molar-refractivity contribution in [2.24, 2.45) is 5.92 Å². The third-order valence-electron chi connectivity index (χ3n) is 4.53. The average Bonchev–Trinajstić information content (AvgIpc) is 3.18. The summed E-state index contributed by atoms with van der Waals surface area (Å²) in [6.07, 6.45) is 4.22. The fraction of sp³-hybridized carbons (Fsp3) is 0.412. The molecule has 3 heterocycles. The van der Waals surface area contributed by atoms with Crippen molar-refractivity contribution in [3.8, 4) is 0 Å². The number of fused-ring (bicyclic) bond motifs is 2. The predicted octanol–water partition coefficient (Wildman–Crippen LogP) is 3.12. The Morgan fingerprint density at radius 2 is 2.17 bits per heavy atom. The molecule has 1 aromatic carbocycles. The molecule has 2 fully saturated rings. The van der Waals surface area contributed by atoms with Gasteiger partial charge in [-0.2, -0.15) is 0 Å². The molecule has 4 rings (SSSR count). The highest BCUT2D eigenvalue weighted by molar-refractivity contribution is 8.01. The van der Waals surface area contributed by atoms with Crippen molar-refractivity contribution in [3.05, 3.63) is 41.4 Å². The van der Waals surface area contributed by atoms with Gasteiger partial charge in [-0.1, -0.05) is 11.8 Å². The second kappa shape index (κ2) is 6.63. The Morgan fingerprint density at radius 1 is 1.30 bits per heavy atom. The van der Waals surface area contributed by atoms with Crippen molar-refractivity contribution in [2.75, 3.05) is 19.6 Å². The Bertz CT molecular complexity index is 660. The fourth-order valence-electron chi connectivity index (χ4n) is 3.47. The first kappa shape index (κ1) is 15.2. The van der Waals surface area contributed by atoms with Gasteiger partial charge >= 0.3 is 0 Å². The summed E-state index contributed by atoms with van der Waals surface area (Å²) in [5.74, 6) is 0.814. The number of aromatic nitrogens is 1. The number of amides is 1. The van der Waals surface area contributed by atoms with Crippen LogP contribution in [0.1, 0.15) is 23.2 Å². The molecule has 4 nitrogen and oxygen atoms in total. The third kappa shape index (κ3) is 3.59. The number of nitrogens with one attached hydrogen (secondary N) is 1. The zero-order chi connectivity index (χ0) is 15.6. The monoisotopic (exact) mass is 345 g/mol. The molecule has 2 bridgehead atoms. The summed E-state index contributed by atoms with van der Waals surface area (Å²) in [5, 5.41) is 5.17. The van der Waals surface area contributed by atoms with Gasteiger partial charge in [-0.3, -0.25) is 4.79 Å². The Morgan fingerprint density at radius 3 is 2.91 bits per heavy atom. The summed E-state index contributed by atoms with van der Waals surface area (Å²) < 4.78 is 1.02. The van der Waals surface area contributed by atoms with Crippen LogP contribution in [0.25, 0.3) is 0 Å². The number of benzene rings is 1. The molecule has 2 aliphatic heterocycles. The molecule has 3 atom stereocenters. The van der Waals surface area contributed by atoms with E-state index in [9.17, 15) is 4.79 Å². The van der Waals surface area contributed by atoms with Crippen LogP contribution in [0.15, 0.2) is 45.1 Å². The second-order valence-electron chi connectivity index (χ2n) is 6.24. The number of carbonyl (C=O) groups excluding carboxylic acids is 1. The lowest BCUT2D eigenvalue weighted by Gasteiger charge is -2.30. The fourth-order valence-corrected chi connectivity index (χ4v) is 5.06. The number of piperidine rings is 1. The van der Waals surface area contributed by atoms with Gasteiger partial charge in [0.05, 0.1) is 0 Å². The van der Waals surface area contributed by atoms with Gasteiger partial charge < -0.3 is 10.2 Å². The summed E-state index contributed by atoms with van der Waals surface area (Å²) in [6, 6.07) is 8.10. The molecule has 2 aromatic rings. The minimum absolute atomic E-state index is 0.0447. The minimum Gasteiger partial charge on any atom is -0.348 e. The summed E-state index contributed by atoms with van der Waals surface area (Å²) in [7, 11) is 0. The largest absolute Gasteiger partial charge is 0.348 e. The van der Waals surface area contributed by atoms with Crippen LogP contribution in [-0.2, 0) is 0 Å². The van der Waals surface area contributed by atoms with E-state index in [4.69, 9.17) is 0 Å². The molecule has 1 amide bonds. The molecule has 2 aliphatic rings. The van der Waals surface area contributed by atoms with Gasteiger partial charge in [-0.05, 0) is 49.6 Å². The molecular formula is C17H19N3OS2. The third-order valence-corrected chi connectivity index (χ3v) is 6.42. The van der Waals surface area contributed by atoms with Gasteiger partial charge in [0, 0.05) is 41.2 Å². The Labute approximate surface area is 144 Å². The molecule has 1 N–H and O–H groups in total. The first-order valence-electron chi connectivity index (χ1n) is 7.97. The molecule has 6 heteroatoms. The lowest BCUT2D eigenvalue weighted by atomic mass is 9.96. The number of nitrogens with zero attached hydrogens (tertiary/aromatic N) is 2. The van der Waals surface area contributed by atoms with Crippen LogP contribution in [0, 0.1) is 5.92 Å². The van der Waals surface area contributed by atoms with E-state index in [0.717, 1.165) is 33.7 Å². The normalized spacial score (nSPS) is 26.2. The van der Waals surface area contributed by atoms with Crippen LogP contribution in [-0.4, -0.2) is 41.5 Å². The highest BCUT2D eigenvalue weighted by Gasteiger charge is 2.32. The molecule has 120 valence electrons. The zero-order valence-electron chi connectivity index (χ0n) is 12.8. The van der Waals surface area contributed by atoms with Gasteiger partial charge in [0.25, 0.3) is 5.91 Å². The second-order valence-corrected chi connectivity index (χ2v) is 8.46. The average molecular weight is 345 g/mol. The van der Waals surface area contributed by atoms with Crippen molar-refractivity contribution in [1.82, 2.24) is 15.2 Å². The summed E-state index contributed by atoms with van der Waals surface area (Å²) in [5.41, 5.74) is 0.737. The van der Waals surface area contributed by atoms with Crippen molar-refractivity contribution in [1.29, 1.82) is 0 Å². The van der Waals surface area contributed by atoms with Gasteiger partial charge in [0.2, 0.25) is 0 Å². The van der Waals surface area contributed by atoms with Crippen LogP contribution in [0.2, 0.25) is 0 Å². The van der Waals surface area contributed by atoms with Crippen molar-refractivity contribution < 1.29 is 4.79 Å². The topological polar surface area (TPSA) is 45.2 Å². The van der Waals surface area contributed by atoms with E-state index in [1.165, 1.54) is 19.5 Å². The van der Waals surface area contributed by atoms with Crippen LogP contribution >= 0.6 is 23.1 Å². The van der Waals surface area contributed by atoms with Gasteiger partial charge in [-0.15, -0.1) is 11.3 Å². The maximum atomic E-state index is 12.4. The molecule has 1 aromatic heterocycles. The number of carbonyl (C=O) groups is 1. The van der Waals surface area contributed by atoms with Crippen molar-refractivity contribution in [2.45, 2.75) is 28.1 Å². The number of thiazole rings is 1. The first-order chi connectivity index (χ1) is 11.3. The summed E-state index contributed by atoms with van der Waals surface area (Å²) >= 11 is 3.25. The Balaban J connectivity index is 1.36. The van der Waals surface area contributed by atoms with E-state index < -0.39 is 0 Å². The molecule has 0 spiro atoms. The van der Waals surface area contributed by atoms with E-state index >= 15 is 0 Å². The predicted molar refractivity (Wildman–Crippen MR) is 93.1 cm³/mol. The number of hydrogen-bond acceptors (Lipinski definition) is 5. The van der Waals surface area contributed by atoms with E-state index in [1.54, 1.807) is 23.1 Å². The molecule has 0 radical (unpaired) electrons. The first-order valence-corrected chi connectivity index (χ1v) is 9.66. The van der Waals surface area contributed by atoms with Gasteiger partial charge in [0.1, 0.15) is 0 Å². The smallest absolute Gasteiger partial charge is 0.251 e. The molecule has 0 saturated carbocycles. The zero-order valence-corrected chi connectivity index (χ0v) is 14.4. The lowest BCUT2D eigenvalue weighted by Crippen LogP contribution is -2.47. The van der Waals surface area contributed by atoms with Crippen LogP contribution in [0.4, 0.5) is 0 Å². The lowest BCUT2D eigenvalue weighted by molar-refractivity contribution is 0.0909. The van der Waals surface area contributed by atoms with Gasteiger partial charge in [-0.25, -0.2) is 4.98 Å². The van der Waals surface area contributed by atoms with E-state index in [-0.39, 0.29) is 5.91 Å². The quantitative estimate of drug-likeness (QED) is 0.925. The maximum Gasteiger partial charge on any atom is 0.251 e. The van der Waals surface area contributed by atoms with E-state index in [0.29, 0.717) is 6.04 Å². The molecule has 0 aliphatic carbocycles. The Hall–Kier alpha value is -1.37. The SMILES string of the molecule is O=C(N[C@@H]1C[C@@H]2CCN(C2)C1)c1ccc(Sc2nccs2)cc1. The van der Waals surface area contributed by atoms with Crippen LogP contribution in [0.3, 0.4) is 0 Å². The van der Waals surface area contributed by atoms with Crippen LogP contribution < -0.4 is 5.32 Å². The highest BCUT2D eigenvalue weighted by Crippen LogP contribution is 2.29. The Kier molecular flexibility index (Phi) is 4.37. The standard InChI is InChI=1S/C17H19N3OS2/c21-16(19-14-9-12-5-7-20(10-12)11-14)13-1-3-15(4-2-13)23-17-18-6-8-22-17/h1-4,6,8,12,14H,5,7,9-11H2,(H,19,21)/t12-,14+/m0/s1. The number of hydrogen-bond donors (Lipinski definition) is 1. The molecule has 2 saturated heterocycles. The highest BCUT2D eigenvalue weighted by atomic mass is 32.2. The van der Waals surface area contributed by atoms with Crippen molar-refractivity contribution in [3.63, 3.8) is 0 Å². The molecule has 23 heavy (non-hydrogen) atoms.